The van der Waals surface area contributed by atoms with Gasteiger partial charge in [0.25, 0.3) is 5.56 Å². The number of hydrogen-bond donors (Lipinski definition) is 1. The minimum Gasteiger partial charge on any atom is -0.394 e. The summed E-state index contributed by atoms with van der Waals surface area (Å²) >= 11 is 0. The van der Waals surface area contributed by atoms with Crippen LogP contribution in [0.1, 0.15) is 18.7 Å². The maximum Gasteiger partial charge on any atom is 0.433 e. The number of pyridine rings is 2. The highest BCUT2D eigenvalue weighted by molar-refractivity contribution is 5.93. The van der Waals surface area contributed by atoms with E-state index < -0.39 is 23.5 Å². The average Bonchev–Trinajstić information content (AvgIpc) is 3.18. The maximum atomic E-state index is 13.1. The Labute approximate surface area is 173 Å². The van der Waals surface area contributed by atoms with Crippen LogP contribution in [-0.2, 0) is 13.2 Å². The molecule has 0 radical (unpaired) electrons. The molecule has 0 aliphatic heterocycles. The summed E-state index contributed by atoms with van der Waals surface area (Å²) in [6.07, 6.45) is 1.09. The predicted molar refractivity (Wildman–Crippen MR) is 106 cm³/mol. The molecule has 0 fully saturated rings. The van der Waals surface area contributed by atoms with E-state index in [0.29, 0.717) is 22.3 Å². The summed E-state index contributed by atoms with van der Waals surface area (Å²) in [5, 5.41) is 13.8. The fourth-order valence-electron chi connectivity index (χ4n) is 3.15. The number of rotatable bonds is 4. The lowest BCUT2D eigenvalue weighted by atomic mass is 10.1. The highest BCUT2D eigenvalue weighted by Crippen LogP contribution is 2.31. The van der Waals surface area contributed by atoms with Crippen molar-refractivity contribution in [2.45, 2.75) is 19.1 Å². The molecule has 0 bridgehead atoms. The quantitative estimate of drug-likeness (QED) is 0.535. The molecule has 0 unspecified atom stereocenters. The Balaban J connectivity index is 1.97. The molecule has 4 heterocycles. The van der Waals surface area contributed by atoms with Gasteiger partial charge in [0.05, 0.1) is 36.3 Å². The molecular formula is C20H17F3N6O2. The predicted octanol–water partition coefficient (Wildman–Crippen LogP) is 2.83. The van der Waals surface area contributed by atoms with E-state index in [1.807, 2.05) is 0 Å². The van der Waals surface area contributed by atoms with Gasteiger partial charge in [-0.1, -0.05) is 0 Å². The van der Waals surface area contributed by atoms with E-state index in [2.05, 4.69) is 20.1 Å². The zero-order valence-electron chi connectivity index (χ0n) is 16.5. The summed E-state index contributed by atoms with van der Waals surface area (Å²) in [5.74, 6) is 0. The molecule has 31 heavy (non-hydrogen) atoms. The van der Waals surface area contributed by atoms with Crippen molar-refractivity contribution in [2.24, 2.45) is 7.05 Å². The highest BCUT2D eigenvalue weighted by atomic mass is 19.4. The summed E-state index contributed by atoms with van der Waals surface area (Å²) in [4.78, 5) is 25.5. The highest BCUT2D eigenvalue weighted by Gasteiger charge is 2.32. The fraction of sp³-hybridized carbons (Fsp3) is 0.250. The molecule has 0 aliphatic rings. The third-order valence-corrected chi connectivity index (χ3v) is 4.84. The van der Waals surface area contributed by atoms with Crippen LogP contribution >= 0.6 is 0 Å². The van der Waals surface area contributed by atoms with Crippen molar-refractivity contribution in [2.75, 3.05) is 6.61 Å². The number of aromatic nitrogens is 6. The van der Waals surface area contributed by atoms with Crippen LogP contribution in [0.4, 0.5) is 13.2 Å². The van der Waals surface area contributed by atoms with Crippen LogP contribution in [0, 0.1) is 0 Å². The van der Waals surface area contributed by atoms with Gasteiger partial charge in [-0.05, 0) is 25.1 Å². The number of fused-ring (bicyclic) bond motifs is 1. The molecule has 8 nitrogen and oxygen atoms in total. The SMILES string of the molecule is C[C@@H](CO)n1cnc2c(-c3cnn(C)c3)nc(-c3ccc(C(F)(F)F)nc3)cc2c1=O. The molecule has 0 saturated heterocycles. The Morgan fingerprint density at radius 2 is 1.94 bits per heavy atom. The minimum absolute atomic E-state index is 0.214. The van der Waals surface area contributed by atoms with Gasteiger partial charge >= 0.3 is 6.18 Å². The normalized spacial score (nSPS) is 13.0. The second-order valence-corrected chi connectivity index (χ2v) is 7.07. The van der Waals surface area contributed by atoms with Gasteiger partial charge in [0.1, 0.15) is 16.9 Å². The first-order valence-corrected chi connectivity index (χ1v) is 9.24. The van der Waals surface area contributed by atoms with Gasteiger partial charge in [-0.3, -0.25) is 19.0 Å². The van der Waals surface area contributed by atoms with E-state index in [1.54, 1.807) is 31.0 Å². The Morgan fingerprint density at radius 3 is 2.52 bits per heavy atom. The summed E-state index contributed by atoms with van der Waals surface area (Å²) in [6.45, 7) is 1.40. The monoisotopic (exact) mass is 430 g/mol. The van der Waals surface area contributed by atoms with Gasteiger partial charge < -0.3 is 5.11 Å². The van der Waals surface area contributed by atoms with Crippen LogP contribution in [-0.4, -0.2) is 41.0 Å². The molecule has 4 aromatic heterocycles. The van der Waals surface area contributed by atoms with Crippen molar-refractivity contribution >= 4 is 10.9 Å². The second-order valence-electron chi connectivity index (χ2n) is 7.07. The number of nitrogens with zero attached hydrogens (tertiary/aromatic N) is 6. The van der Waals surface area contributed by atoms with Crippen LogP contribution in [0.25, 0.3) is 33.4 Å². The lowest BCUT2D eigenvalue weighted by Gasteiger charge is -2.14. The Bertz CT molecular complexity index is 1310. The second kappa shape index (κ2) is 7.58. The lowest BCUT2D eigenvalue weighted by Crippen LogP contribution is -2.25. The summed E-state index contributed by atoms with van der Waals surface area (Å²) in [6, 6.07) is 3.08. The number of halogens is 3. The first kappa shape index (κ1) is 20.7. The fourth-order valence-corrected chi connectivity index (χ4v) is 3.15. The summed E-state index contributed by atoms with van der Waals surface area (Å²) in [7, 11) is 1.72. The van der Waals surface area contributed by atoms with Crippen LogP contribution in [0.5, 0.6) is 0 Å². The van der Waals surface area contributed by atoms with Gasteiger partial charge in [0.2, 0.25) is 0 Å². The largest absolute Gasteiger partial charge is 0.433 e. The van der Waals surface area contributed by atoms with Crippen LogP contribution < -0.4 is 5.56 Å². The number of aliphatic hydroxyl groups is 1. The molecule has 0 spiro atoms. The Kier molecular flexibility index (Phi) is 5.05. The van der Waals surface area contributed by atoms with Crippen molar-refractivity contribution in [1.82, 2.24) is 29.3 Å². The van der Waals surface area contributed by atoms with Gasteiger partial charge in [0.15, 0.2) is 0 Å². The van der Waals surface area contributed by atoms with E-state index in [1.165, 1.54) is 23.0 Å². The summed E-state index contributed by atoms with van der Waals surface area (Å²) < 4.78 is 41.4. The molecular weight excluding hydrogens is 413 g/mol. The first-order chi connectivity index (χ1) is 14.7. The van der Waals surface area contributed by atoms with Gasteiger partial charge in [-0.25, -0.2) is 9.97 Å². The average molecular weight is 430 g/mol. The standard InChI is InChI=1S/C20H17F3N6O2/c1-11(9-30)29-10-25-18-14(19(29)31)5-15(27-17(18)13-7-26-28(2)8-13)12-3-4-16(24-6-12)20(21,22)23/h3-8,10-11,30H,9H2,1-2H3/t11-/m0/s1. The minimum atomic E-state index is -4.56. The van der Waals surface area contributed by atoms with E-state index in [9.17, 15) is 23.1 Å². The molecule has 11 heteroatoms. The zero-order chi connectivity index (χ0) is 22.3. The molecule has 1 N–H and O–H groups in total. The number of aliphatic hydroxyl groups excluding tert-OH is 1. The number of aryl methyl sites for hydroxylation is 1. The first-order valence-electron chi connectivity index (χ1n) is 9.24. The van der Waals surface area contributed by atoms with Crippen molar-refractivity contribution in [3.63, 3.8) is 0 Å². The van der Waals surface area contributed by atoms with Crippen molar-refractivity contribution in [1.29, 1.82) is 0 Å². The molecule has 1 atom stereocenters. The van der Waals surface area contributed by atoms with Crippen molar-refractivity contribution < 1.29 is 18.3 Å². The van der Waals surface area contributed by atoms with E-state index in [-0.39, 0.29) is 17.7 Å². The zero-order valence-corrected chi connectivity index (χ0v) is 16.5. The molecule has 0 amide bonds. The number of alkyl halides is 3. The molecule has 0 saturated carbocycles. The third-order valence-electron chi connectivity index (χ3n) is 4.84. The third kappa shape index (κ3) is 3.79. The topological polar surface area (TPSA) is 98.7 Å². The van der Waals surface area contributed by atoms with Crippen LogP contribution in [0.2, 0.25) is 0 Å². The summed E-state index contributed by atoms with van der Waals surface area (Å²) in [5.41, 5.74) is 0.426. The van der Waals surface area contributed by atoms with Gasteiger partial charge in [-0.15, -0.1) is 0 Å². The molecule has 160 valence electrons. The van der Waals surface area contributed by atoms with E-state index in [4.69, 9.17) is 0 Å². The van der Waals surface area contributed by atoms with Gasteiger partial charge in [0, 0.05) is 30.6 Å². The van der Waals surface area contributed by atoms with E-state index >= 15 is 0 Å². The van der Waals surface area contributed by atoms with Gasteiger partial charge in [-0.2, -0.15) is 18.3 Å². The van der Waals surface area contributed by atoms with Crippen LogP contribution in [0.15, 0.2) is 47.9 Å². The Morgan fingerprint density at radius 1 is 1.16 bits per heavy atom. The number of hydrogen-bond acceptors (Lipinski definition) is 6. The van der Waals surface area contributed by atoms with Crippen molar-refractivity contribution in [3.8, 4) is 22.5 Å². The smallest absolute Gasteiger partial charge is 0.394 e. The van der Waals surface area contributed by atoms with Crippen LogP contribution in [0.3, 0.4) is 0 Å². The Hall–Kier alpha value is -3.60. The molecule has 4 aromatic rings. The molecule has 0 aromatic carbocycles. The lowest BCUT2D eigenvalue weighted by molar-refractivity contribution is -0.141. The molecule has 4 rings (SSSR count). The van der Waals surface area contributed by atoms with E-state index in [0.717, 1.165) is 12.3 Å². The molecule has 0 aliphatic carbocycles. The van der Waals surface area contributed by atoms with Crippen molar-refractivity contribution in [3.05, 3.63) is 59.2 Å². The maximum absolute atomic E-state index is 13.1.